The highest BCUT2D eigenvalue weighted by Gasteiger charge is 2.26. The molecule has 0 aliphatic heterocycles. The standard InChI is InChI=1S/C15H19N3O2/c1-2-10-5-3-6-11(9-10)14-17-15(20-18-14)13-12(19)7-4-8-16-13/h4,7-8,10-11,19H,2-3,5-6,9H2,1H3. The molecule has 1 aliphatic rings. The van der Waals surface area contributed by atoms with Gasteiger partial charge in [-0.2, -0.15) is 4.98 Å². The van der Waals surface area contributed by atoms with Crippen LogP contribution in [0.1, 0.15) is 50.8 Å². The first-order valence-electron chi connectivity index (χ1n) is 7.26. The molecule has 0 aromatic carbocycles. The Balaban J connectivity index is 1.82. The minimum Gasteiger partial charge on any atom is -0.505 e. The number of hydrogen-bond acceptors (Lipinski definition) is 5. The molecular weight excluding hydrogens is 254 g/mol. The molecule has 0 spiro atoms. The zero-order chi connectivity index (χ0) is 13.9. The lowest BCUT2D eigenvalue weighted by Gasteiger charge is -2.26. The molecule has 106 valence electrons. The Bertz CT molecular complexity index is 582. The van der Waals surface area contributed by atoms with E-state index < -0.39 is 0 Å². The number of rotatable bonds is 3. The third-order valence-corrected chi connectivity index (χ3v) is 4.16. The van der Waals surface area contributed by atoms with E-state index in [9.17, 15) is 5.11 Å². The summed E-state index contributed by atoms with van der Waals surface area (Å²) >= 11 is 0. The molecule has 1 fully saturated rings. The van der Waals surface area contributed by atoms with Crippen LogP contribution in [0.3, 0.4) is 0 Å². The average Bonchev–Trinajstić information content (AvgIpc) is 2.97. The molecular formula is C15H19N3O2. The van der Waals surface area contributed by atoms with Crippen LogP contribution in [-0.4, -0.2) is 20.2 Å². The number of aromatic hydroxyl groups is 1. The highest BCUT2D eigenvalue weighted by Crippen LogP contribution is 2.37. The summed E-state index contributed by atoms with van der Waals surface area (Å²) in [7, 11) is 0. The Morgan fingerprint density at radius 1 is 1.40 bits per heavy atom. The number of hydrogen-bond donors (Lipinski definition) is 1. The first kappa shape index (κ1) is 13.1. The molecule has 0 bridgehead atoms. The molecule has 2 heterocycles. The first-order chi connectivity index (χ1) is 9.78. The van der Waals surface area contributed by atoms with Gasteiger partial charge in [0, 0.05) is 12.1 Å². The van der Waals surface area contributed by atoms with E-state index in [2.05, 4.69) is 22.0 Å². The zero-order valence-electron chi connectivity index (χ0n) is 11.6. The lowest BCUT2D eigenvalue weighted by atomic mass is 9.80. The Labute approximate surface area is 118 Å². The van der Waals surface area contributed by atoms with E-state index in [0.29, 0.717) is 17.5 Å². The van der Waals surface area contributed by atoms with Gasteiger partial charge in [0.05, 0.1) is 0 Å². The van der Waals surface area contributed by atoms with E-state index in [4.69, 9.17) is 4.52 Å². The van der Waals surface area contributed by atoms with E-state index in [1.807, 2.05) is 0 Å². The summed E-state index contributed by atoms with van der Waals surface area (Å²) in [5, 5.41) is 13.9. The van der Waals surface area contributed by atoms with Crippen molar-refractivity contribution in [2.24, 2.45) is 5.92 Å². The molecule has 2 unspecified atom stereocenters. The Morgan fingerprint density at radius 2 is 2.30 bits per heavy atom. The van der Waals surface area contributed by atoms with Gasteiger partial charge in [0.1, 0.15) is 5.75 Å². The van der Waals surface area contributed by atoms with Crippen LogP contribution in [0.5, 0.6) is 5.75 Å². The maximum absolute atomic E-state index is 9.77. The van der Waals surface area contributed by atoms with Crippen LogP contribution in [0.4, 0.5) is 0 Å². The second-order valence-corrected chi connectivity index (χ2v) is 5.47. The molecule has 2 atom stereocenters. The molecule has 2 aromatic heterocycles. The van der Waals surface area contributed by atoms with E-state index >= 15 is 0 Å². The molecule has 2 aromatic rings. The summed E-state index contributed by atoms with van der Waals surface area (Å²) in [5.41, 5.74) is 0.356. The zero-order valence-corrected chi connectivity index (χ0v) is 11.6. The van der Waals surface area contributed by atoms with Gasteiger partial charge in [0.25, 0.3) is 5.89 Å². The molecule has 0 amide bonds. The Kier molecular flexibility index (Phi) is 3.67. The molecule has 1 saturated carbocycles. The van der Waals surface area contributed by atoms with Crippen LogP contribution in [0.15, 0.2) is 22.9 Å². The summed E-state index contributed by atoms with van der Waals surface area (Å²) < 4.78 is 5.27. The molecule has 0 radical (unpaired) electrons. The fourth-order valence-electron chi connectivity index (χ4n) is 2.95. The van der Waals surface area contributed by atoms with Gasteiger partial charge in [-0.3, -0.25) is 0 Å². The Morgan fingerprint density at radius 3 is 3.10 bits per heavy atom. The van der Waals surface area contributed by atoms with Crippen molar-refractivity contribution in [2.45, 2.75) is 44.9 Å². The largest absolute Gasteiger partial charge is 0.505 e. The molecule has 1 aliphatic carbocycles. The molecule has 0 saturated heterocycles. The van der Waals surface area contributed by atoms with Gasteiger partial charge in [-0.15, -0.1) is 0 Å². The predicted octanol–water partition coefficient (Wildman–Crippen LogP) is 3.52. The van der Waals surface area contributed by atoms with Crippen molar-refractivity contribution < 1.29 is 9.63 Å². The van der Waals surface area contributed by atoms with E-state index in [0.717, 1.165) is 24.6 Å². The summed E-state index contributed by atoms with van der Waals surface area (Å²) in [6, 6.07) is 3.24. The summed E-state index contributed by atoms with van der Waals surface area (Å²) in [4.78, 5) is 8.53. The van der Waals surface area contributed by atoms with Crippen molar-refractivity contribution in [2.75, 3.05) is 0 Å². The number of nitrogens with zero attached hydrogens (tertiary/aromatic N) is 3. The summed E-state index contributed by atoms with van der Waals surface area (Å²) in [5.74, 6) is 2.26. The van der Waals surface area contributed by atoms with Crippen molar-refractivity contribution in [3.05, 3.63) is 24.2 Å². The van der Waals surface area contributed by atoms with Crippen molar-refractivity contribution in [3.63, 3.8) is 0 Å². The van der Waals surface area contributed by atoms with Crippen LogP contribution in [0.25, 0.3) is 11.6 Å². The summed E-state index contributed by atoms with van der Waals surface area (Å²) in [6.45, 7) is 2.24. The molecule has 5 heteroatoms. The van der Waals surface area contributed by atoms with Crippen LogP contribution >= 0.6 is 0 Å². The van der Waals surface area contributed by atoms with E-state index in [-0.39, 0.29) is 5.75 Å². The van der Waals surface area contributed by atoms with Crippen LogP contribution in [0.2, 0.25) is 0 Å². The van der Waals surface area contributed by atoms with Gasteiger partial charge in [-0.25, -0.2) is 4.98 Å². The lowest BCUT2D eigenvalue weighted by Crippen LogP contribution is -2.14. The van der Waals surface area contributed by atoms with Crippen molar-refractivity contribution >= 4 is 0 Å². The highest BCUT2D eigenvalue weighted by atomic mass is 16.5. The summed E-state index contributed by atoms with van der Waals surface area (Å²) in [6.07, 6.45) is 7.59. The normalized spacial score (nSPS) is 22.9. The van der Waals surface area contributed by atoms with Crippen molar-refractivity contribution in [1.29, 1.82) is 0 Å². The average molecular weight is 273 g/mol. The molecule has 5 nitrogen and oxygen atoms in total. The first-order valence-corrected chi connectivity index (χ1v) is 7.26. The van der Waals surface area contributed by atoms with Gasteiger partial charge < -0.3 is 9.63 Å². The van der Waals surface area contributed by atoms with E-state index in [1.165, 1.54) is 19.3 Å². The SMILES string of the molecule is CCC1CCCC(c2noc(-c3ncccc3O)n2)C1. The van der Waals surface area contributed by atoms with Crippen molar-refractivity contribution in [1.82, 2.24) is 15.1 Å². The molecule has 20 heavy (non-hydrogen) atoms. The van der Waals surface area contributed by atoms with Gasteiger partial charge >= 0.3 is 0 Å². The Hall–Kier alpha value is -1.91. The van der Waals surface area contributed by atoms with Crippen molar-refractivity contribution in [3.8, 4) is 17.3 Å². The molecule has 1 N–H and O–H groups in total. The van der Waals surface area contributed by atoms with Gasteiger partial charge in [-0.1, -0.05) is 31.3 Å². The quantitative estimate of drug-likeness (QED) is 0.926. The maximum Gasteiger partial charge on any atom is 0.280 e. The third kappa shape index (κ3) is 2.53. The van der Waals surface area contributed by atoms with Crippen LogP contribution in [-0.2, 0) is 0 Å². The second-order valence-electron chi connectivity index (χ2n) is 5.47. The van der Waals surface area contributed by atoms with E-state index in [1.54, 1.807) is 18.3 Å². The molecule has 3 rings (SSSR count). The third-order valence-electron chi connectivity index (χ3n) is 4.16. The minimum absolute atomic E-state index is 0.0674. The fourth-order valence-corrected chi connectivity index (χ4v) is 2.95. The second kappa shape index (κ2) is 5.61. The number of aromatic nitrogens is 3. The topological polar surface area (TPSA) is 72.0 Å². The maximum atomic E-state index is 9.77. The van der Waals surface area contributed by atoms with Crippen LogP contribution < -0.4 is 0 Å². The highest BCUT2D eigenvalue weighted by molar-refractivity contribution is 5.55. The number of pyridine rings is 1. The lowest BCUT2D eigenvalue weighted by molar-refractivity contribution is 0.300. The monoisotopic (exact) mass is 273 g/mol. The fraction of sp³-hybridized carbons (Fsp3) is 0.533. The minimum atomic E-state index is 0.0674. The smallest absolute Gasteiger partial charge is 0.280 e. The predicted molar refractivity (Wildman–Crippen MR) is 74.2 cm³/mol. The van der Waals surface area contributed by atoms with Gasteiger partial charge in [-0.05, 0) is 30.9 Å². The van der Waals surface area contributed by atoms with Crippen LogP contribution in [0, 0.1) is 5.92 Å². The van der Waals surface area contributed by atoms with Gasteiger partial charge in [0.2, 0.25) is 0 Å². The van der Waals surface area contributed by atoms with Gasteiger partial charge in [0.15, 0.2) is 11.5 Å².